The summed E-state index contributed by atoms with van der Waals surface area (Å²) in [6.45, 7) is 5.69. The van der Waals surface area contributed by atoms with Crippen LogP contribution in [0.2, 0.25) is 0 Å². The van der Waals surface area contributed by atoms with E-state index in [0.29, 0.717) is 6.04 Å². The molecule has 1 aliphatic rings. The molecule has 1 amide bonds. The number of ether oxygens (including phenoxy) is 1. The van der Waals surface area contributed by atoms with Gasteiger partial charge >= 0.3 is 6.09 Å². The molecule has 14 heavy (non-hydrogen) atoms. The summed E-state index contributed by atoms with van der Waals surface area (Å²) in [5.41, 5.74) is -0.385. The molecule has 1 aliphatic carbocycles. The predicted octanol–water partition coefficient (Wildman–Crippen LogP) is 2.80. The van der Waals surface area contributed by atoms with Gasteiger partial charge in [-0.05, 0) is 33.6 Å². The lowest BCUT2D eigenvalue weighted by Gasteiger charge is -2.28. The van der Waals surface area contributed by atoms with Crippen molar-refractivity contribution in [1.29, 1.82) is 0 Å². The monoisotopic (exact) mass is 199 g/mol. The van der Waals surface area contributed by atoms with Gasteiger partial charge < -0.3 is 9.64 Å². The van der Waals surface area contributed by atoms with E-state index in [2.05, 4.69) is 0 Å². The number of carbonyl (C=O) groups excluding carboxylic acids is 1. The summed E-state index contributed by atoms with van der Waals surface area (Å²) in [6, 6.07) is 0.393. The predicted molar refractivity (Wildman–Crippen MR) is 56.3 cm³/mol. The average Bonchev–Trinajstić information content (AvgIpc) is 2.51. The zero-order valence-electron chi connectivity index (χ0n) is 9.67. The molecule has 0 aromatic rings. The Labute approximate surface area is 86.4 Å². The Kier molecular flexibility index (Phi) is 3.40. The number of hydrogen-bond donors (Lipinski definition) is 0. The third kappa shape index (κ3) is 3.20. The summed E-state index contributed by atoms with van der Waals surface area (Å²) in [5, 5.41) is 0. The first-order valence-corrected chi connectivity index (χ1v) is 5.36. The van der Waals surface area contributed by atoms with Crippen molar-refractivity contribution < 1.29 is 9.53 Å². The van der Waals surface area contributed by atoms with Crippen LogP contribution in [0, 0.1) is 0 Å². The van der Waals surface area contributed by atoms with Crippen molar-refractivity contribution in [2.24, 2.45) is 0 Å². The van der Waals surface area contributed by atoms with E-state index < -0.39 is 0 Å². The molecule has 1 saturated carbocycles. The van der Waals surface area contributed by atoms with Crippen LogP contribution in [-0.2, 0) is 4.74 Å². The van der Waals surface area contributed by atoms with Crippen LogP contribution in [0.15, 0.2) is 0 Å². The molecular formula is C11H21NO2. The molecule has 0 unspecified atom stereocenters. The van der Waals surface area contributed by atoms with Gasteiger partial charge in [-0.15, -0.1) is 0 Å². The maximum Gasteiger partial charge on any atom is 0.410 e. The highest BCUT2D eigenvalue weighted by Gasteiger charge is 2.27. The Morgan fingerprint density at radius 1 is 1.29 bits per heavy atom. The van der Waals surface area contributed by atoms with Gasteiger partial charge in [0.1, 0.15) is 5.60 Å². The topological polar surface area (TPSA) is 29.5 Å². The van der Waals surface area contributed by atoms with E-state index in [1.54, 1.807) is 4.90 Å². The van der Waals surface area contributed by atoms with Crippen LogP contribution in [0.4, 0.5) is 4.79 Å². The van der Waals surface area contributed by atoms with Gasteiger partial charge in [-0.1, -0.05) is 12.8 Å². The lowest BCUT2D eigenvalue weighted by Crippen LogP contribution is -2.39. The quantitative estimate of drug-likeness (QED) is 0.650. The van der Waals surface area contributed by atoms with Crippen LogP contribution in [0.25, 0.3) is 0 Å². The van der Waals surface area contributed by atoms with Crippen LogP contribution >= 0.6 is 0 Å². The molecular weight excluding hydrogens is 178 g/mol. The minimum absolute atomic E-state index is 0.190. The molecule has 0 spiro atoms. The molecule has 1 fully saturated rings. The average molecular weight is 199 g/mol. The lowest BCUT2D eigenvalue weighted by atomic mass is 10.2. The SMILES string of the molecule is CN(C(=O)OC(C)(C)C)C1CCCC1. The fourth-order valence-corrected chi connectivity index (χ4v) is 1.77. The third-order valence-electron chi connectivity index (χ3n) is 2.55. The zero-order valence-corrected chi connectivity index (χ0v) is 9.67. The van der Waals surface area contributed by atoms with Gasteiger partial charge in [-0.3, -0.25) is 0 Å². The minimum Gasteiger partial charge on any atom is -0.444 e. The van der Waals surface area contributed by atoms with Gasteiger partial charge in [-0.2, -0.15) is 0 Å². The normalized spacial score (nSPS) is 18.3. The van der Waals surface area contributed by atoms with E-state index in [9.17, 15) is 4.79 Å². The molecule has 3 heteroatoms. The number of amides is 1. The number of nitrogens with zero attached hydrogens (tertiary/aromatic N) is 1. The molecule has 0 N–H and O–H groups in total. The van der Waals surface area contributed by atoms with Crippen LogP contribution in [-0.4, -0.2) is 29.7 Å². The van der Waals surface area contributed by atoms with Crippen molar-refractivity contribution in [2.45, 2.75) is 58.1 Å². The first kappa shape index (κ1) is 11.3. The minimum atomic E-state index is -0.385. The van der Waals surface area contributed by atoms with Crippen LogP contribution < -0.4 is 0 Å². The standard InChI is InChI=1S/C11H21NO2/c1-11(2,3)14-10(13)12(4)9-7-5-6-8-9/h9H,5-8H2,1-4H3. The first-order chi connectivity index (χ1) is 6.40. The highest BCUT2D eigenvalue weighted by atomic mass is 16.6. The maximum absolute atomic E-state index is 11.6. The largest absolute Gasteiger partial charge is 0.444 e. The summed E-state index contributed by atoms with van der Waals surface area (Å²) in [5.74, 6) is 0. The van der Waals surface area contributed by atoms with Gasteiger partial charge in [0.05, 0.1) is 0 Å². The Balaban J connectivity index is 2.43. The number of rotatable bonds is 1. The maximum atomic E-state index is 11.6. The van der Waals surface area contributed by atoms with E-state index in [4.69, 9.17) is 4.74 Å². The van der Waals surface area contributed by atoms with Gasteiger partial charge in [0.2, 0.25) is 0 Å². The van der Waals surface area contributed by atoms with Crippen LogP contribution in [0.1, 0.15) is 46.5 Å². The molecule has 0 radical (unpaired) electrons. The van der Waals surface area contributed by atoms with E-state index in [-0.39, 0.29) is 11.7 Å². The Bertz CT molecular complexity index is 202. The second-order valence-corrected chi connectivity index (χ2v) is 5.03. The lowest BCUT2D eigenvalue weighted by molar-refractivity contribution is 0.0227. The Morgan fingerprint density at radius 2 is 1.79 bits per heavy atom. The number of carbonyl (C=O) groups is 1. The van der Waals surface area contributed by atoms with Crippen LogP contribution in [0.3, 0.4) is 0 Å². The number of hydrogen-bond acceptors (Lipinski definition) is 2. The third-order valence-corrected chi connectivity index (χ3v) is 2.55. The van der Waals surface area contributed by atoms with Gasteiger partial charge in [0.25, 0.3) is 0 Å². The van der Waals surface area contributed by atoms with Gasteiger partial charge in [-0.25, -0.2) is 4.79 Å². The van der Waals surface area contributed by atoms with Crippen molar-refractivity contribution in [3.8, 4) is 0 Å². The molecule has 0 aromatic heterocycles. The fourth-order valence-electron chi connectivity index (χ4n) is 1.77. The Hall–Kier alpha value is -0.730. The fraction of sp³-hybridized carbons (Fsp3) is 0.909. The van der Waals surface area contributed by atoms with Crippen molar-refractivity contribution >= 4 is 6.09 Å². The summed E-state index contributed by atoms with van der Waals surface area (Å²) in [4.78, 5) is 13.4. The zero-order chi connectivity index (χ0) is 10.8. The molecule has 0 heterocycles. The van der Waals surface area contributed by atoms with Crippen molar-refractivity contribution in [3.63, 3.8) is 0 Å². The smallest absolute Gasteiger partial charge is 0.410 e. The molecule has 3 nitrogen and oxygen atoms in total. The molecule has 0 saturated heterocycles. The van der Waals surface area contributed by atoms with Gasteiger partial charge in [0, 0.05) is 13.1 Å². The molecule has 0 bridgehead atoms. The van der Waals surface area contributed by atoms with E-state index in [1.165, 1.54) is 12.8 Å². The van der Waals surface area contributed by atoms with Crippen molar-refractivity contribution in [1.82, 2.24) is 4.90 Å². The second kappa shape index (κ2) is 4.20. The summed E-state index contributed by atoms with van der Waals surface area (Å²) < 4.78 is 5.30. The Morgan fingerprint density at radius 3 is 2.21 bits per heavy atom. The summed E-state index contributed by atoms with van der Waals surface area (Å²) in [6.07, 6.45) is 4.52. The second-order valence-electron chi connectivity index (χ2n) is 5.03. The van der Waals surface area contributed by atoms with Crippen LogP contribution in [0.5, 0.6) is 0 Å². The summed E-state index contributed by atoms with van der Waals surface area (Å²) in [7, 11) is 1.84. The molecule has 0 aromatic carbocycles. The molecule has 82 valence electrons. The molecule has 0 aliphatic heterocycles. The van der Waals surface area contributed by atoms with Crippen molar-refractivity contribution in [3.05, 3.63) is 0 Å². The van der Waals surface area contributed by atoms with E-state index in [0.717, 1.165) is 12.8 Å². The highest BCUT2D eigenvalue weighted by molar-refractivity contribution is 5.68. The van der Waals surface area contributed by atoms with E-state index >= 15 is 0 Å². The molecule has 1 rings (SSSR count). The molecule has 0 atom stereocenters. The first-order valence-electron chi connectivity index (χ1n) is 5.36. The summed E-state index contributed by atoms with van der Waals surface area (Å²) >= 11 is 0. The van der Waals surface area contributed by atoms with Gasteiger partial charge in [0.15, 0.2) is 0 Å². The van der Waals surface area contributed by atoms with E-state index in [1.807, 2.05) is 27.8 Å². The van der Waals surface area contributed by atoms with Crippen molar-refractivity contribution in [2.75, 3.05) is 7.05 Å². The highest BCUT2D eigenvalue weighted by Crippen LogP contribution is 2.23.